The molecule has 0 aliphatic rings. The first-order valence-electron chi connectivity index (χ1n) is 8.89. The van der Waals surface area contributed by atoms with E-state index in [2.05, 4.69) is 25.4 Å². The third-order valence-electron chi connectivity index (χ3n) is 3.69. The van der Waals surface area contributed by atoms with Gasteiger partial charge in [-0.15, -0.1) is 5.73 Å². The number of allylic oxidation sites excluding steroid dienone is 1. The Balaban J connectivity index is 6.10. The van der Waals surface area contributed by atoms with Gasteiger partial charge in [0.1, 0.15) is 0 Å². The number of carbonyl (C=O) groups excluding carboxylic acids is 2. The molecule has 0 aliphatic heterocycles. The fourth-order valence-electron chi connectivity index (χ4n) is 2.40. The molecule has 0 amide bonds. The number of carbonyl (C=O) groups is 2. The Morgan fingerprint density at radius 2 is 1.50 bits per heavy atom. The van der Waals surface area contributed by atoms with Crippen molar-refractivity contribution in [1.82, 2.24) is 0 Å². The average molecular weight is 387 g/mol. The zero-order chi connectivity index (χ0) is 20.4. The van der Waals surface area contributed by atoms with E-state index in [0.29, 0.717) is 0 Å². The quantitative estimate of drug-likeness (QED) is 0.178. The van der Waals surface area contributed by atoms with E-state index in [-0.39, 0.29) is 26.1 Å². The van der Waals surface area contributed by atoms with Gasteiger partial charge in [0.25, 0.3) is 0 Å². The lowest BCUT2D eigenvalue weighted by atomic mass is 9.78. The van der Waals surface area contributed by atoms with Crippen LogP contribution in [0.25, 0.3) is 0 Å². The smallest absolute Gasteiger partial charge is 0.324 e. The van der Waals surface area contributed by atoms with Gasteiger partial charge in [-0.3, -0.25) is 9.59 Å². The minimum absolute atomic E-state index is 0.00360. The maximum absolute atomic E-state index is 12.8. The van der Waals surface area contributed by atoms with E-state index in [1.54, 1.807) is 13.8 Å². The highest BCUT2D eigenvalue weighted by atomic mass is 28.3. The maximum Gasteiger partial charge on any atom is 0.324 e. The summed E-state index contributed by atoms with van der Waals surface area (Å²) >= 11 is 0. The Labute approximate surface area is 158 Å². The van der Waals surface area contributed by atoms with E-state index in [1.165, 1.54) is 14.2 Å². The summed E-state index contributed by atoms with van der Waals surface area (Å²) in [6, 6.07) is 0. The Morgan fingerprint density at radius 3 is 1.85 bits per heavy atom. The normalized spacial score (nSPS) is 11.7. The van der Waals surface area contributed by atoms with Gasteiger partial charge in [-0.25, -0.2) is 0 Å². The van der Waals surface area contributed by atoms with Gasteiger partial charge in [0.05, 0.1) is 21.3 Å². The summed E-state index contributed by atoms with van der Waals surface area (Å²) in [5.41, 5.74) is 4.53. The number of ether oxygens (including phenoxy) is 4. The molecule has 0 N–H and O–H groups in total. The molecule has 0 fully saturated rings. The number of methoxy groups -OCH3 is 2. The first kappa shape index (κ1) is 24.6. The molecule has 0 rings (SSSR count). The van der Waals surface area contributed by atoms with Gasteiger partial charge in [0.15, 0.2) is 11.7 Å². The lowest BCUT2D eigenvalue weighted by Crippen LogP contribution is -2.45. The fourth-order valence-corrected chi connectivity index (χ4v) is 3.08. The van der Waals surface area contributed by atoms with Crippen LogP contribution in [-0.2, 0) is 28.5 Å². The molecule has 0 aliphatic carbocycles. The minimum atomic E-state index is -1.53. The molecule has 0 saturated heterocycles. The standard InChI is InChI=1S/C19H34O6Si/c1-9-24-17(20)19(18(21)25-10-2,14-16(22-4)23-5)13-15(3)11-12-26(6,7)8/h12,16H,9-10,13-14H2,1-8H3. The topological polar surface area (TPSA) is 71.1 Å². The summed E-state index contributed by atoms with van der Waals surface area (Å²) in [6.45, 7) is 12.1. The summed E-state index contributed by atoms with van der Waals surface area (Å²) in [5, 5.41) is 0. The van der Waals surface area contributed by atoms with Gasteiger partial charge in [0, 0.05) is 27.1 Å². The Kier molecular flexibility index (Phi) is 10.7. The van der Waals surface area contributed by atoms with Crippen molar-refractivity contribution < 1.29 is 28.5 Å². The average Bonchev–Trinajstić information content (AvgIpc) is 2.56. The third-order valence-corrected chi connectivity index (χ3v) is 4.70. The molecule has 0 unspecified atom stereocenters. The zero-order valence-electron chi connectivity index (χ0n) is 17.4. The highest BCUT2D eigenvalue weighted by Gasteiger charge is 2.50. The van der Waals surface area contributed by atoms with Gasteiger partial charge in [0.2, 0.25) is 0 Å². The Hall–Kier alpha value is -1.40. The summed E-state index contributed by atoms with van der Waals surface area (Å²) in [5.74, 6) is -1.27. The second-order valence-corrected chi connectivity index (χ2v) is 12.3. The largest absolute Gasteiger partial charge is 0.465 e. The molecule has 0 spiro atoms. The van der Waals surface area contributed by atoms with Crippen molar-refractivity contribution >= 4 is 20.0 Å². The van der Waals surface area contributed by atoms with Crippen LogP contribution < -0.4 is 0 Å². The van der Waals surface area contributed by atoms with Crippen LogP contribution in [0.2, 0.25) is 19.6 Å². The van der Waals surface area contributed by atoms with E-state index >= 15 is 0 Å². The molecular weight excluding hydrogens is 352 g/mol. The van der Waals surface area contributed by atoms with Crippen LogP contribution in [0, 0.1) is 5.41 Å². The molecule has 0 heterocycles. The number of rotatable bonds is 11. The summed E-state index contributed by atoms with van der Waals surface area (Å²) in [7, 11) is 1.46. The van der Waals surface area contributed by atoms with Crippen molar-refractivity contribution in [3.05, 3.63) is 17.0 Å². The summed E-state index contributed by atoms with van der Waals surface area (Å²) in [6.07, 6.45) is -0.601. The molecular formula is C19H34O6Si. The lowest BCUT2D eigenvalue weighted by molar-refractivity contribution is -0.184. The summed E-state index contributed by atoms with van der Waals surface area (Å²) < 4.78 is 20.9. The molecule has 7 heteroatoms. The molecule has 0 radical (unpaired) electrons. The van der Waals surface area contributed by atoms with Crippen molar-refractivity contribution in [2.45, 2.75) is 59.5 Å². The van der Waals surface area contributed by atoms with E-state index in [9.17, 15) is 9.59 Å². The zero-order valence-corrected chi connectivity index (χ0v) is 18.4. The van der Waals surface area contributed by atoms with Crippen LogP contribution in [0.5, 0.6) is 0 Å². The first-order valence-corrected chi connectivity index (χ1v) is 12.5. The molecule has 0 aromatic rings. The van der Waals surface area contributed by atoms with Crippen LogP contribution >= 0.6 is 0 Å². The van der Waals surface area contributed by atoms with Crippen molar-refractivity contribution in [2.24, 2.45) is 5.41 Å². The van der Waals surface area contributed by atoms with E-state index < -0.39 is 31.7 Å². The van der Waals surface area contributed by atoms with Gasteiger partial charge in [-0.1, -0.05) is 25.3 Å². The lowest BCUT2D eigenvalue weighted by Gasteiger charge is -2.31. The third kappa shape index (κ3) is 7.87. The minimum Gasteiger partial charge on any atom is -0.465 e. The first-order chi connectivity index (χ1) is 12.1. The molecule has 0 aromatic carbocycles. The van der Waals surface area contributed by atoms with E-state index in [0.717, 1.165) is 5.57 Å². The van der Waals surface area contributed by atoms with Crippen molar-refractivity contribution in [2.75, 3.05) is 27.4 Å². The highest BCUT2D eigenvalue weighted by molar-refractivity contribution is 6.80. The van der Waals surface area contributed by atoms with Gasteiger partial charge < -0.3 is 18.9 Å². The predicted molar refractivity (Wildman–Crippen MR) is 103 cm³/mol. The highest BCUT2D eigenvalue weighted by Crippen LogP contribution is 2.36. The second-order valence-electron chi connectivity index (χ2n) is 7.24. The van der Waals surface area contributed by atoms with E-state index in [1.807, 2.05) is 12.6 Å². The van der Waals surface area contributed by atoms with Crippen LogP contribution in [-0.4, -0.2) is 53.7 Å². The maximum atomic E-state index is 12.8. The molecule has 0 atom stereocenters. The monoisotopic (exact) mass is 386 g/mol. The molecule has 0 saturated carbocycles. The molecule has 26 heavy (non-hydrogen) atoms. The SMILES string of the molecule is CCOC(=O)C(CC(C)=C=C[Si](C)(C)C)(CC(OC)OC)C(=O)OCC. The van der Waals surface area contributed by atoms with Gasteiger partial charge in [-0.2, -0.15) is 0 Å². The Bertz CT molecular complexity index is 507. The van der Waals surface area contributed by atoms with Crippen molar-refractivity contribution in [1.29, 1.82) is 0 Å². The van der Waals surface area contributed by atoms with Gasteiger partial charge in [-0.05, 0) is 26.3 Å². The Morgan fingerprint density at radius 1 is 1.04 bits per heavy atom. The second kappa shape index (κ2) is 11.3. The molecule has 6 nitrogen and oxygen atoms in total. The molecule has 0 aromatic heterocycles. The number of hydrogen-bond donors (Lipinski definition) is 0. The molecule has 0 bridgehead atoms. The summed E-state index contributed by atoms with van der Waals surface area (Å²) in [4.78, 5) is 25.6. The van der Waals surface area contributed by atoms with Crippen LogP contribution in [0.4, 0.5) is 0 Å². The van der Waals surface area contributed by atoms with Crippen molar-refractivity contribution in [3.8, 4) is 0 Å². The number of hydrogen-bond acceptors (Lipinski definition) is 6. The fraction of sp³-hybridized carbons (Fsp3) is 0.737. The van der Waals surface area contributed by atoms with Crippen LogP contribution in [0.3, 0.4) is 0 Å². The predicted octanol–water partition coefficient (Wildman–Crippen LogP) is 3.48. The van der Waals surface area contributed by atoms with Crippen LogP contribution in [0.15, 0.2) is 17.0 Å². The number of esters is 2. The van der Waals surface area contributed by atoms with Gasteiger partial charge >= 0.3 is 11.9 Å². The van der Waals surface area contributed by atoms with E-state index in [4.69, 9.17) is 18.9 Å². The van der Waals surface area contributed by atoms with Crippen LogP contribution in [0.1, 0.15) is 33.6 Å². The van der Waals surface area contributed by atoms with Crippen molar-refractivity contribution in [3.63, 3.8) is 0 Å². The molecule has 150 valence electrons.